The molecule has 20 heavy (non-hydrogen) atoms. The highest BCUT2D eigenvalue weighted by atomic mass is 32.2. The average Bonchev–Trinajstić information content (AvgIpc) is 2.46. The minimum atomic E-state index is -3.35. The van der Waals surface area contributed by atoms with Crippen LogP contribution in [0.4, 0.5) is 0 Å². The van der Waals surface area contributed by atoms with Crippen molar-refractivity contribution in [2.24, 2.45) is 5.92 Å². The minimum absolute atomic E-state index is 0.373. The summed E-state index contributed by atoms with van der Waals surface area (Å²) >= 11 is 0. The summed E-state index contributed by atoms with van der Waals surface area (Å²) in [5, 5.41) is 0. The van der Waals surface area contributed by atoms with Gasteiger partial charge in [0.05, 0.1) is 4.90 Å². The zero-order chi connectivity index (χ0) is 14.6. The number of rotatable bonds is 5. The van der Waals surface area contributed by atoms with Crippen LogP contribution in [0.3, 0.4) is 0 Å². The summed E-state index contributed by atoms with van der Waals surface area (Å²) < 4.78 is 27.3. The lowest BCUT2D eigenvalue weighted by Gasteiger charge is -2.21. The first-order chi connectivity index (χ1) is 9.49. The van der Waals surface area contributed by atoms with Gasteiger partial charge in [-0.2, -0.15) is 0 Å². The lowest BCUT2D eigenvalue weighted by Crippen LogP contribution is -2.30. The van der Waals surface area contributed by atoms with Gasteiger partial charge in [-0.25, -0.2) is 13.1 Å². The molecule has 1 aromatic rings. The van der Waals surface area contributed by atoms with Crippen molar-refractivity contribution in [2.75, 3.05) is 6.54 Å². The Morgan fingerprint density at radius 1 is 1.10 bits per heavy atom. The van der Waals surface area contributed by atoms with Crippen LogP contribution in [0.2, 0.25) is 0 Å². The molecular formula is C16H25NO2S. The highest BCUT2D eigenvalue weighted by molar-refractivity contribution is 7.89. The van der Waals surface area contributed by atoms with E-state index in [0.29, 0.717) is 23.3 Å². The van der Waals surface area contributed by atoms with Crippen molar-refractivity contribution in [1.29, 1.82) is 0 Å². The molecule has 1 aliphatic carbocycles. The van der Waals surface area contributed by atoms with E-state index in [9.17, 15) is 8.42 Å². The number of sulfonamides is 1. The number of nitrogens with one attached hydrogen (secondary N) is 1. The second-order valence-electron chi connectivity index (χ2n) is 6.08. The first kappa shape index (κ1) is 15.5. The van der Waals surface area contributed by atoms with E-state index in [1.54, 1.807) is 12.1 Å². The maximum absolute atomic E-state index is 12.2. The molecule has 0 saturated heterocycles. The Hall–Kier alpha value is -0.870. The smallest absolute Gasteiger partial charge is 0.211 e. The Labute approximate surface area is 122 Å². The fraction of sp³-hybridized carbons (Fsp3) is 0.625. The highest BCUT2D eigenvalue weighted by Crippen LogP contribution is 2.23. The fourth-order valence-electron chi connectivity index (χ4n) is 2.73. The Morgan fingerprint density at radius 2 is 1.70 bits per heavy atom. The number of benzene rings is 1. The third-order valence-corrected chi connectivity index (χ3v) is 5.58. The van der Waals surface area contributed by atoms with E-state index in [1.807, 2.05) is 12.1 Å². The second-order valence-corrected chi connectivity index (χ2v) is 7.85. The Kier molecular flexibility index (Phi) is 5.22. The van der Waals surface area contributed by atoms with Gasteiger partial charge in [0.1, 0.15) is 0 Å². The largest absolute Gasteiger partial charge is 0.240 e. The zero-order valence-electron chi connectivity index (χ0n) is 12.4. The van der Waals surface area contributed by atoms with Crippen LogP contribution in [0, 0.1) is 5.92 Å². The molecule has 3 nitrogen and oxygen atoms in total. The van der Waals surface area contributed by atoms with Gasteiger partial charge in [0.2, 0.25) is 10.0 Å². The summed E-state index contributed by atoms with van der Waals surface area (Å²) in [6.45, 7) is 4.78. The second kappa shape index (κ2) is 6.72. The molecule has 112 valence electrons. The van der Waals surface area contributed by atoms with Crippen LogP contribution < -0.4 is 4.72 Å². The summed E-state index contributed by atoms with van der Waals surface area (Å²) in [5.74, 6) is 0.926. The van der Waals surface area contributed by atoms with Gasteiger partial charge in [-0.3, -0.25) is 0 Å². The van der Waals surface area contributed by atoms with Crippen molar-refractivity contribution in [3.05, 3.63) is 29.8 Å². The van der Waals surface area contributed by atoms with E-state index < -0.39 is 10.0 Å². The summed E-state index contributed by atoms with van der Waals surface area (Å²) in [4.78, 5) is 0.373. The van der Waals surface area contributed by atoms with Crippen molar-refractivity contribution in [3.8, 4) is 0 Å². The molecular weight excluding hydrogens is 270 g/mol. The molecule has 1 N–H and O–H groups in total. The molecule has 1 aliphatic rings. The van der Waals surface area contributed by atoms with Crippen LogP contribution in [-0.2, 0) is 10.0 Å². The van der Waals surface area contributed by atoms with E-state index >= 15 is 0 Å². The minimum Gasteiger partial charge on any atom is -0.211 e. The van der Waals surface area contributed by atoms with Crippen molar-refractivity contribution < 1.29 is 8.42 Å². The van der Waals surface area contributed by atoms with Gasteiger partial charge in [0.25, 0.3) is 0 Å². The molecule has 1 fully saturated rings. The van der Waals surface area contributed by atoms with Crippen LogP contribution in [0.25, 0.3) is 0 Å². The van der Waals surface area contributed by atoms with Gasteiger partial charge in [-0.05, 0) is 42.4 Å². The van der Waals surface area contributed by atoms with E-state index in [2.05, 4.69) is 18.6 Å². The number of hydrogen-bond donors (Lipinski definition) is 1. The van der Waals surface area contributed by atoms with Gasteiger partial charge in [-0.1, -0.05) is 45.2 Å². The molecule has 1 aromatic carbocycles. The molecule has 0 unspecified atom stereocenters. The first-order valence-corrected chi connectivity index (χ1v) is 9.07. The van der Waals surface area contributed by atoms with Crippen LogP contribution in [0.1, 0.15) is 57.4 Å². The molecule has 0 spiro atoms. The molecule has 0 aromatic heterocycles. The van der Waals surface area contributed by atoms with E-state index in [0.717, 1.165) is 18.4 Å². The van der Waals surface area contributed by atoms with Gasteiger partial charge >= 0.3 is 0 Å². The van der Waals surface area contributed by atoms with E-state index in [-0.39, 0.29) is 0 Å². The van der Waals surface area contributed by atoms with E-state index in [1.165, 1.54) is 19.3 Å². The Morgan fingerprint density at radius 3 is 2.25 bits per heavy atom. The van der Waals surface area contributed by atoms with Crippen LogP contribution in [0.15, 0.2) is 29.2 Å². The standard InChI is InChI=1S/C16H25NO2S/c1-13(2)15-8-10-16(11-9-15)20(18,19)17-12-14-6-4-3-5-7-14/h8-11,13-14,17H,3-7,12H2,1-2H3. The van der Waals surface area contributed by atoms with Gasteiger partial charge in [-0.15, -0.1) is 0 Å². The SMILES string of the molecule is CC(C)c1ccc(S(=O)(=O)NCC2CCCCC2)cc1. The molecule has 0 radical (unpaired) electrons. The third kappa shape index (κ3) is 4.06. The van der Waals surface area contributed by atoms with Gasteiger partial charge in [0, 0.05) is 6.54 Å². The van der Waals surface area contributed by atoms with E-state index in [4.69, 9.17) is 0 Å². The van der Waals surface area contributed by atoms with Crippen molar-refractivity contribution in [3.63, 3.8) is 0 Å². The lowest BCUT2D eigenvalue weighted by atomic mass is 9.90. The molecule has 0 aliphatic heterocycles. The normalized spacial score (nSPS) is 17.6. The van der Waals surface area contributed by atoms with Crippen LogP contribution >= 0.6 is 0 Å². The monoisotopic (exact) mass is 295 g/mol. The summed E-state index contributed by atoms with van der Waals surface area (Å²) in [5.41, 5.74) is 1.16. The third-order valence-electron chi connectivity index (χ3n) is 4.14. The maximum Gasteiger partial charge on any atom is 0.240 e. The van der Waals surface area contributed by atoms with Crippen LogP contribution in [-0.4, -0.2) is 15.0 Å². The predicted octanol–water partition coefficient (Wildman–Crippen LogP) is 3.67. The molecule has 0 atom stereocenters. The molecule has 4 heteroatoms. The van der Waals surface area contributed by atoms with Crippen LogP contribution in [0.5, 0.6) is 0 Å². The number of hydrogen-bond acceptors (Lipinski definition) is 2. The van der Waals surface area contributed by atoms with Gasteiger partial charge in [0.15, 0.2) is 0 Å². The quantitative estimate of drug-likeness (QED) is 0.901. The van der Waals surface area contributed by atoms with Crippen molar-refractivity contribution in [1.82, 2.24) is 4.72 Å². The molecule has 1 saturated carbocycles. The van der Waals surface area contributed by atoms with Crippen molar-refractivity contribution in [2.45, 2.75) is 56.8 Å². The van der Waals surface area contributed by atoms with Gasteiger partial charge < -0.3 is 0 Å². The first-order valence-electron chi connectivity index (χ1n) is 7.58. The summed E-state index contributed by atoms with van der Waals surface area (Å²) in [6.07, 6.45) is 6.05. The highest BCUT2D eigenvalue weighted by Gasteiger charge is 2.18. The van der Waals surface area contributed by atoms with Crippen molar-refractivity contribution >= 4 is 10.0 Å². The fourth-order valence-corrected chi connectivity index (χ4v) is 3.85. The zero-order valence-corrected chi connectivity index (χ0v) is 13.2. The summed E-state index contributed by atoms with van der Waals surface area (Å²) in [6, 6.07) is 7.22. The molecule has 2 rings (SSSR count). The Bertz CT molecular complexity index is 514. The predicted molar refractivity (Wildman–Crippen MR) is 82.3 cm³/mol. The summed E-state index contributed by atoms with van der Waals surface area (Å²) in [7, 11) is -3.35. The topological polar surface area (TPSA) is 46.2 Å². The molecule has 0 heterocycles. The average molecular weight is 295 g/mol. The molecule has 0 bridgehead atoms. The molecule has 0 amide bonds. The lowest BCUT2D eigenvalue weighted by molar-refractivity contribution is 0.357. The maximum atomic E-state index is 12.2. The Balaban J connectivity index is 1.98.